The highest BCUT2D eigenvalue weighted by Crippen LogP contribution is 2.23. The summed E-state index contributed by atoms with van der Waals surface area (Å²) in [6.07, 6.45) is 0.821. The Morgan fingerprint density at radius 3 is 2.91 bits per heavy atom. The fourth-order valence-electron chi connectivity index (χ4n) is 1.30. The summed E-state index contributed by atoms with van der Waals surface area (Å²) in [6, 6.07) is 5.14. The number of anilines is 1. The highest BCUT2D eigenvalue weighted by Gasteiger charge is 2.12. The van der Waals surface area contributed by atoms with E-state index in [9.17, 15) is 4.39 Å². The van der Waals surface area contributed by atoms with Gasteiger partial charge in [0, 0.05) is 17.8 Å². The standard InChI is InChI=1S/C8H8FN.ClH/c9-7-2-1-3-8-6(7)4-5-10-8;/h1-3,10H,4-5H2;1H. The minimum absolute atomic E-state index is 0. The van der Waals surface area contributed by atoms with Gasteiger partial charge in [-0.25, -0.2) is 4.39 Å². The molecule has 1 nitrogen and oxygen atoms in total. The topological polar surface area (TPSA) is 12.0 Å². The summed E-state index contributed by atoms with van der Waals surface area (Å²) < 4.78 is 12.9. The van der Waals surface area contributed by atoms with Crippen molar-refractivity contribution < 1.29 is 4.39 Å². The van der Waals surface area contributed by atoms with Crippen LogP contribution in [0.1, 0.15) is 5.56 Å². The maximum absolute atomic E-state index is 12.9. The van der Waals surface area contributed by atoms with Crippen molar-refractivity contribution in [1.29, 1.82) is 0 Å². The Bertz CT molecular complexity index is 262. The van der Waals surface area contributed by atoms with Crippen LogP contribution in [0.3, 0.4) is 0 Å². The third-order valence-electron chi connectivity index (χ3n) is 1.81. The van der Waals surface area contributed by atoms with Gasteiger partial charge in [-0.05, 0) is 18.6 Å². The Hall–Kier alpha value is -0.760. The van der Waals surface area contributed by atoms with Gasteiger partial charge < -0.3 is 5.32 Å². The van der Waals surface area contributed by atoms with E-state index in [4.69, 9.17) is 0 Å². The number of benzene rings is 1. The number of rotatable bonds is 0. The summed E-state index contributed by atoms with van der Waals surface area (Å²) in [5.41, 5.74) is 1.79. The van der Waals surface area contributed by atoms with Crippen molar-refractivity contribution in [3.8, 4) is 0 Å². The van der Waals surface area contributed by atoms with Crippen molar-refractivity contribution in [3.05, 3.63) is 29.6 Å². The number of halogens is 2. The molecule has 0 bridgehead atoms. The van der Waals surface area contributed by atoms with Crippen LogP contribution >= 0.6 is 12.4 Å². The summed E-state index contributed by atoms with van der Waals surface area (Å²) in [7, 11) is 0. The van der Waals surface area contributed by atoms with Gasteiger partial charge in [-0.1, -0.05) is 6.07 Å². The minimum Gasteiger partial charge on any atom is -0.384 e. The maximum Gasteiger partial charge on any atom is 0.128 e. The third kappa shape index (κ3) is 1.31. The zero-order valence-electron chi connectivity index (χ0n) is 5.93. The molecular weight excluding hydrogens is 165 g/mol. The van der Waals surface area contributed by atoms with E-state index in [0.29, 0.717) is 0 Å². The van der Waals surface area contributed by atoms with Crippen LogP contribution in [0, 0.1) is 5.82 Å². The number of hydrogen-bond acceptors (Lipinski definition) is 1. The van der Waals surface area contributed by atoms with Gasteiger partial charge in [-0.15, -0.1) is 12.4 Å². The average Bonchev–Trinajstić information content (AvgIpc) is 2.36. The lowest BCUT2D eigenvalue weighted by molar-refractivity contribution is 0.615. The first-order valence-corrected chi connectivity index (χ1v) is 3.39. The van der Waals surface area contributed by atoms with E-state index in [1.165, 1.54) is 6.07 Å². The summed E-state index contributed by atoms with van der Waals surface area (Å²) in [5.74, 6) is -0.0810. The van der Waals surface area contributed by atoms with Crippen LogP contribution in [0.25, 0.3) is 0 Å². The normalized spacial score (nSPS) is 13.2. The van der Waals surface area contributed by atoms with E-state index in [1.807, 2.05) is 6.07 Å². The smallest absolute Gasteiger partial charge is 0.128 e. The molecule has 0 saturated heterocycles. The van der Waals surface area contributed by atoms with Crippen molar-refractivity contribution in [1.82, 2.24) is 0 Å². The van der Waals surface area contributed by atoms with Gasteiger partial charge in [0.05, 0.1) is 0 Å². The maximum atomic E-state index is 12.9. The minimum atomic E-state index is -0.0810. The van der Waals surface area contributed by atoms with Crippen LogP contribution in [0.5, 0.6) is 0 Å². The van der Waals surface area contributed by atoms with Crippen LogP contribution in [-0.4, -0.2) is 6.54 Å². The van der Waals surface area contributed by atoms with Crippen LogP contribution in [0.15, 0.2) is 18.2 Å². The summed E-state index contributed by atoms with van der Waals surface area (Å²) in [6.45, 7) is 0.871. The molecule has 0 amide bonds. The molecule has 0 atom stereocenters. The van der Waals surface area contributed by atoms with E-state index in [2.05, 4.69) is 5.32 Å². The fraction of sp³-hybridized carbons (Fsp3) is 0.250. The average molecular weight is 174 g/mol. The molecule has 3 heteroatoms. The van der Waals surface area contributed by atoms with E-state index in [1.54, 1.807) is 6.07 Å². The number of nitrogens with one attached hydrogen (secondary N) is 1. The number of hydrogen-bond donors (Lipinski definition) is 1. The second-order valence-corrected chi connectivity index (χ2v) is 2.44. The SMILES string of the molecule is Cl.Fc1cccc2c1CCN2. The Morgan fingerprint density at radius 2 is 2.18 bits per heavy atom. The first-order chi connectivity index (χ1) is 4.88. The van der Waals surface area contributed by atoms with E-state index in [0.717, 1.165) is 24.2 Å². The molecule has 1 heterocycles. The van der Waals surface area contributed by atoms with Gasteiger partial charge in [-0.3, -0.25) is 0 Å². The van der Waals surface area contributed by atoms with E-state index >= 15 is 0 Å². The first-order valence-electron chi connectivity index (χ1n) is 3.39. The zero-order chi connectivity index (χ0) is 6.97. The molecule has 1 aliphatic heterocycles. The summed E-state index contributed by atoms with van der Waals surface area (Å²) >= 11 is 0. The van der Waals surface area contributed by atoms with Crippen LogP contribution in [-0.2, 0) is 6.42 Å². The molecule has 0 saturated carbocycles. The second-order valence-electron chi connectivity index (χ2n) is 2.44. The van der Waals surface area contributed by atoms with Crippen LogP contribution in [0.2, 0.25) is 0 Å². The molecule has 0 fully saturated rings. The Kier molecular flexibility index (Phi) is 2.35. The van der Waals surface area contributed by atoms with Gasteiger partial charge in [0.1, 0.15) is 5.82 Å². The molecule has 2 rings (SSSR count). The monoisotopic (exact) mass is 173 g/mol. The molecule has 1 aromatic carbocycles. The Labute approximate surface area is 71.0 Å². The fourth-order valence-corrected chi connectivity index (χ4v) is 1.30. The lowest BCUT2D eigenvalue weighted by atomic mass is 10.1. The van der Waals surface area contributed by atoms with Gasteiger partial charge in [-0.2, -0.15) is 0 Å². The summed E-state index contributed by atoms with van der Waals surface area (Å²) in [5, 5.41) is 3.10. The van der Waals surface area contributed by atoms with Crippen molar-refractivity contribution in [3.63, 3.8) is 0 Å². The largest absolute Gasteiger partial charge is 0.384 e. The molecule has 0 unspecified atom stereocenters. The van der Waals surface area contributed by atoms with Gasteiger partial charge in [0.15, 0.2) is 0 Å². The van der Waals surface area contributed by atoms with Crippen LogP contribution < -0.4 is 5.32 Å². The Morgan fingerprint density at radius 1 is 1.36 bits per heavy atom. The molecule has 1 aromatic rings. The van der Waals surface area contributed by atoms with E-state index < -0.39 is 0 Å². The Balaban J connectivity index is 0.000000605. The van der Waals surface area contributed by atoms with Crippen molar-refractivity contribution in [2.24, 2.45) is 0 Å². The molecule has 60 valence electrons. The lowest BCUT2D eigenvalue weighted by Crippen LogP contribution is -1.90. The molecule has 0 aliphatic carbocycles. The molecule has 0 spiro atoms. The quantitative estimate of drug-likeness (QED) is 0.635. The summed E-state index contributed by atoms with van der Waals surface area (Å²) in [4.78, 5) is 0. The molecule has 1 N–H and O–H groups in total. The van der Waals surface area contributed by atoms with Gasteiger partial charge in [0.25, 0.3) is 0 Å². The first kappa shape index (κ1) is 8.34. The van der Waals surface area contributed by atoms with Crippen molar-refractivity contribution >= 4 is 18.1 Å². The predicted molar refractivity (Wildman–Crippen MR) is 45.8 cm³/mol. The molecule has 1 aliphatic rings. The van der Waals surface area contributed by atoms with Gasteiger partial charge in [0.2, 0.25) is 0 Å². The highest BCUT2D eigenvalue weighted by atomic mass is 35.5. The third-order valence-corrected chi connectivity index (χ3v) is 1.81. The van der Waals surface area contributed by atoms with Gasteiger partial charge >= 0.3 is 0 Å². The molecule has 0 radical (unpaired) electrons. The molecular formula is C8H9ClFN. The predicted octanol–water partition coefficient (Wildman–Crippen LogP) is 2.22. The van der Waals surface area contributed by atoms with Crippen molar-refractivity contribution in [2.45, 2.75) is 6.42 Å². The number of fused-ring (bicyclic) bond motifs is 1. The van der Waals surface area contributed by atoms with E-state index in [-0.39, 0.29) is 18.2 Å². The van der Waals surface area contributed by atoms with Crippen molar-refractivity contribution in [2.75, 3.05) is 11.9 Å². The molecule has 11 heavy (non-hydrogen) atoms. The lowest BCUT2D eigenvalue weighted by Gasteiger charge is -1.97. The zero-order valence-corrected chi connectivity index (χ0v) is 6.75. The highest BCUT2D eigenvalue weighted by molar-refractivity contribution is 5.85. The molecule has 0 aromatic heterocycles. The van der Waals surface area contributed by atoms with Crippen LogP contribution in [0.4, 0.5) is 10.1 Å². The second kappa shape index (κ2) is 3.09.